The third-order valence-corrected chi connectivity index (χ3v) is 2.86. The molecule has 25 heavy (non-hydrogen) atoms. The van der Waals surface area contributed by atoms with Crippen LogP contribution in [0, 0.1) is 0 Å². The second-order valence-electron chi connectivity index (χ2n) is 4.80. The van der Waals surface area contributed by atoms with Gasteiger partial charge in [-0.05, 0) is 24.3 Å². The highest BCUT2D eigenvalue weighted by Crippen LogP contribution is 2.37. The van der Waals surface area contributed by atoms with Crippen molar-refractivity contribution in [3.05, 3.63) is 53.7 Å². The number of halogens is 6. The molecule has 0 radical (unpaired) electrons. The second kappa shape index (κ2) is 6.99. The lowest BCUT2D eigenvalue weighted by Crippen LogP contribution is -2.21. The Morgan fingerprint density at radius 2 is 1.60 bits per heavy atom. The van der Waals surface area contributed by atoms with E-state index >= 15 is 0 Å². The number of nitrogens with one attached hydrogen (secondary N) is 1. The van der Waals surface area contributed by atoms with Crippen LogP contribution in [0.25, 0.3) is 0 Å². The van der Waals surface area contributed by atoms with Crippen molar-refractivity contribution in [2.75, 3.05) is 11.9 Å². The number of hydrogen-bond acceptors (Lipinski definition) is 3. The Labute approximate surface area is 137 Å². The van der Waals surface area contributed by atoms with Crippen LogP contribution >= 0.6 is 0 Å². The minimum absolute atomic E-state index is 0.0277. The minimum Gasteiger partial charge on any atom is -0.468 e. The van der Waals surface area contributed by atoms with Crippen LogP contribution in [0.1, 0.15) is 11.1 Å². The molecule has 4 nitrogen and oxygen atoms in total. The van der Waals surface area contributed by atoms with E-state index < -0.39 is 41.7 Å². The summed E-state index contributed by atoms with van der Waals surface area (Å²) in [5.74, 6) is -0.851. The highest BCUT2D eigenvalue weighted by atomic mass is 19.4. The number of carbonyl (C=O) groups is 1. The van der Waals surface area contributed by atoms with E-state index in [2.05, 4.69) is 4.98 Å². The van der Waals surface area contributed by atoms with Gasteiger partial charge < -0.3 is 10.1 Å². The fourth-order valence-electron chi connectivity index (χ4n) is 1.80. The van der Waals surface area contributed by atoms with Crippen molar-refractivity contribution in [2.45, 2.75) is 12.4 Å². The van der Waals surface area contributed by atoms with E-state index in [1.54, 1.807) is 12.1 Å². The SMILES string of the molecule is O=C(COc1ccccn1)Nc1cc(C(F)(F)F)cc(C(F)(F)F)c1. The summed E-state index contributed by atoms with van der Waals surface area (Å²) >= 11 is 0. The Morgan fingerprint density at radius 3 is 2.08 bits per heavy atom. The van der Waals surface area contributed by atoms with Crippen molar-refractivity contribution in [3.63, 3.8) is 0 Å². The molecule has 0 fully saturated rings. The second-order valence-corrected chi connectivity index (χ2v) is 4.80. The van der Waals surface area contributed by atoms with Crippen molar-refractivity contribution in [3.8, 4) is 5.88 Å². The van der Waals surface area contributed by atoms with Crippen LogP contribution in [0.3, 0.4) is 0 Å². The molecule has 0 bridgehead atoms. The summed E-state index contributed by atoms with van der Waals surface area (Å²) in [5, 5.41) is 1.95. The van der Waals surface area contributed by atoms with Crippen molar-refractivity contribution < 1.29 is 35.9 Å². The van der Waals surface area contributed by atoms with Crippen LogP contribution in [-0.4, -0.2) is 17.5 Å². The lowest BCUT2D eigenvalue weighted by atomic mass is 10.1. The largest absolute Gasteiger partial charge is 0.468 e. The maximum Gasteiger partial charge on any atom is 0.416 e. The van der Waals surface area contributed by atoms with Gasteiger partial charge in [-0.3, -0.25) is 4.79 Å². The molecule has 0 saturated carbocycles. The first kappa shape index (κ1) is 18.6. The maximum atomic E-state index is 12.7. The average Bonchev–Trinajstić information content (AvgIpc) is 2.52. The van der Waals surface area contributed by atoms with Crippen LogP contribution in [0.4, 0.5) is 32.0 Å². The van der Waals surface area contributed by atoms with Crippen LogP contribution in [-0.2, 0) is 17.1 Å². The number of nitrogens with zero attached hydrogens (tertiary/aromatic N) is 1. The fourth-order valence-corrected chi connectivity index (χ4v) is 1.80. The molecule has 1 amide bonds. The summed E-state index contributed by atoms with van der Waals surface area (Å²) in [6, 6.07) is 5.39. The predicted molar refractivity (Wildman–Crippen MR) is 74.8 cm³/mol. The van der Waals surface area contributed by atoms with Gasteiger partial charge in [0, 0.05) is 18.0 Å². The first-order valence-corrected chi connectivity index (χ1v) is 6.69. The Balaban J connectivity index is 2.16. The zero-order chi connectivity index (χ0) is 18.7. The van der Waals surface area contributed by atoms with Gasteiger partial charge in [-0.15, -0.1) is 0 Å². The third-order valence-electron chi connectivity index (χ3n) is 2.86. The molecule has 2 aromatic rings. The molecule has 0 aliphatic carbocycles. The molecule has 1 heterocycles. The quantitative estimate of drug-likeness (QED) is 0.830. The van der Waals surface area contributed by atoms with Gasteiger partial charge in [-0.25, -0.2) is 4.98 Å². The first-order valence-electron chi connectivity index (χ1n) is 6.69. The smallest absolute Gasteiger partial charge is 0.416 e. The molecule has 0 aliphatic rings. The molecule has 134 valence electrons. The fraction of sp³-hybridized carbons (Fsp3) is 0.200. The molecule has 0 atom stereocenters. The molecule has 2 rings (SSSR count). The average molecular weight is 364 g/mol. The molecule has 0 unspecified atom stereocenters. The Morgan fingerprint density at radius 1 is 1.00 bits per heavy atom. The van der Waals surface area contributed by atoms with Gasteiger partial charge >= 0.3 is 12.4 Å². The van der Waals surface area contributed by atoms with Gasteiger partial charge in [0.2, 0.25) is 5.88 Å². The van der Waals surface area contributed by atoms with Crippen molar-refractivity contribution in [1.82, 2.24) is 4.98 Å². The molecule has 1 aromatic heterocycles. The van der Waals surface area contributed by atoms with Crippen LogP contribution in [0.2, 0.25) is 0 Å². The van der Waals surface area contributed by atoms with Gasteiger partial charge in [0.05, 0.1) is 11.1 Å². The summed E-state index contributed by atoms with van der Waals surface area (Å²) < 4.78 is 81.3. The maximum absolute atomic E-state index is 12.7. The molecule has 0 saturated heterocycles. The molecular weight excluding hydrogens is 354 g/mol. The van der Waals surface area contributed by atoms with Gasteiger partial charge in [0.25, 0.3) is 5.91 Å². The normalized spacial score (nSPS) is 11.9. The Hall–Kier alpha value is -2.78. The van der Waals surface area contributed by atoms with Gasteiger partial charge in [-0.2, -0.15) is 26.3 Å². The molecule has 0 aliphatic heterocycles. The first-order chi connectivity index (χ1) is 11.6. The molecule has 1 N–H and O–H groups in total. The monoisotopic (exact) mass is 364 g/mol. The number of alkyl halides is 6. The number of rotatable bonds is 4. The van der Waals surface area contributed by atoms with Crippen molar-refractivity contribution in [2.24, 2.45) is 0 Å². The highest BCUT2D eigenvalue weighted by Gasteiger charge is 2.37. The highest BCUT2D eigenvalue weighted by molar-refractivity contribution is 5.92. The standard InChI is InChI=1S/C15H10F6N2O2/c16-14(17,18)9-5-10(15(19,20)21)7-11(6-9)23-12(24)8-25-13-3-1-2-4-22-13/h1-7H,8H2,(H,23,24). The van der Waals surface area contributed by atoms with Crippen LogP contribution < -0.4 is 10.1 Å². The van der Waals surface area contributed by atoms with Crippen molar-refractivity contribution >= 4 is 11.6 Å². The topological polar surface area (TPSA) is 51.2 Å². The van der Waals surface area contributed by atoms with Gasteiger partial charge in [-0.1, -0.05) is 6.07 Å². The van der Waals surface area contributed by atoms with E-state index in [4.69, 9.17) is 4.74 Å². The van der Waals surface area contributed by atoms with Crippen LogP contribution in [0.5, 0.6) is 5.88 Å². The number of hydrogen-bond donors (Lipinski definition) is 1. The van der Waals surface area contributed by atoms with Gasteiger partial charge in [0.1, 0.15) is 0 Å². The van der Waals surface area contributed by atoms with E-state index in [0.717, 1.165) is 0 Å². The zero-order valence-electron chi connectivity index (χ0n) is 12.3. The molecule has 1 aromatic carbocycles. The van der Waals surface area contributed by atoms with E-state index in [0.29, 0.717) is 12.1 Å². The number of anilines is 1. The summed E-state index contributed by atoms with van der Waals surface area (Å²) in [6.45, 7) is -0.630. The number of aromatic nitrogens is 1. The van der Waals surface area contributed by atoms with E-state index in [1.807, 2.05) is 5.32 Å². The lowest BCUT2D eigenvalue weighted by molar-refractivity contribution is -0.143. The summed E-state index contributed by atoms with van der Waals surface area (Å²) in [5.41, 5.74) is -3.69. The summed E-state index contributed by atoms with van der Waals surface area (Å²) in [6.07, 6.45) is -8.61. The third kappa shape index (κ3) is 5.37. The number of benzene rings is 1. The predicted octanol–water partition coefficient (Wildman–Crippen LogP) is 4.14. The lowest BCUT2D eigenvalue weighted by Gasteiger charge is -2.14. The summed E-state index contributed by atoms with van der Waals surface area (Å²) in [4.78, 5) is 15.4. The number of carbonyl (C=O) groups excluding carboxylic acids is 1. The zero-order valence-corrected chi connectivity index (χ0v) is 12.3. The number of amides is 1. The van der Waals surface area contributed by atoms with E-state index in [9.17, 15) is 31.1 Å². The number of pyridine rings is 1. The van der Waals surface area contributed by atoms with Crippen LogP contribution in [0.15, 0.2) is 42.6 Å². The van der Waals surface area contributed by atoms with E-state index in [-0.39, 0.29) is 11.9 Å². The Bertz CT molecular complexity index is 712. The summed E-state index contributed by atoms with van der Waals surface area (Å²) in [7, 11) is 0. The van der Waals surface area contributed by atoms with Gasteiger partial charge in [0.15, 0.2) is 6.61 Å². The molecule has 0 spiro atoms. The van der Waals surface area contributed by atoms with Crippen molar-refractivity contribution in [1.29, 1.82) is 0 Å². The van der Waals surface area contributed by atoms with E-state index in [1.165, 1.54) is 12.3 Å². The Kier molecular flexibility index (Phi) is 5.19. The molecular formula is C15H10F6N2O2. The minimum atomic E-state index is -4.99. The number of ether oxygens (including phenoxy) is 1. The molecule has 10 heteroatoms.